The van der Waals surface area contributed by atoms with E-state index in [4.69, 9.17) is 4.74 Å². The SMILES string of the molecule is Cc1ccccc1COc1ccc(C2NNC(C)C2c2ccc(Br)cc2)c(O)c1. The first-order valence-electron chi connectivity index (χ1n) is 9.79. The van der Waals surface area contributed by atoms with Crippen molar-refractivity contribution in [3.63, 3.8) is 0 Å². The number of hydrazine groups is 1. The number of halogens is 1. The molecular weight excluding hydrogens is 428 g/mol. The van der Waals surface area contributed by atoms with Gasteiger partial charge in [-0.1, -0.05) is 58.4 Å². The average molecular weight is 453 g/mol. The largest absolute Gasteiger partial charge is 0.507 e. The minimum Gasteiger partial charge on any atom is -0.507 e. The van der Waals surface area contributed by atoms with Gasteiger partial charge < -0.3 is 9.84 Å². The highest BCUT2D eigenvalue weighted by Gasteiger charge is 2.36. The molecular formula is C24H25BrN2O2. The van der Waals surface area contributed by atoms with Gasteiger partial charge >= 0.3 is 0 Å². The fraction of sp³-hybridized carbons (Fsp3) is 0.250. The van der Waals surface area contributed by atoms with E-state index in [2.05, 4.69) is 77.0 Å². The number of hydrogen-bond donors (Lipinski definition) is 3. The van der Waals surface area contributed by atoms with Gasteiger partial charge in [-0.2, -0.15) is 0 Å². The lowest BCUT2D eigenvalue weighted by Crippen LogP contribution is -2.29. The Kier molecular flexibility index (Phi) is 5.90. The van der Waals surface area contributed by atoms with Gasteiger partial charge in [0.15, 0.2) is 0 Å². The number of aryl methyl sites for hydroxylation is 1. The summed E-state index contributed by atoms with van der Waals surface area (Å²) in [5, 5.41) is 10.7. The summed E-state index contributed by atoms with van der Waals surface area (Å²) in [7, 11) is 0. The highest BCUT2D eigenvalue weighted by molar-refractivity contribution is 9.10. The maximum absolute atomic E-state index is 10.7. The minimum absolute atomic E-state index is 0.0309. The number of benzene rings is 3. The van der Waals surface area contributed by atoms with Crippen LogP contribution in [0.15, 0.2) is 71.2 Å². The summed E-state index contributed by atoms with van der Waals surface area (Å²) in [6, 6.07) is 22.3. The summed E-state index contributed by atoms with van der Waals surface area (Å²) in [6.07, 6.45) is 0. The van der Waals surface area contributed by atoms with Crippen molar-refractivity contribution >= 4 is 15.9 Å². The number of ether oxygens (including phenoxy) is 1. The van der Waals surface area contributed by atoms with E-state index < -0.39 is 0 Å². The topological polar surface area (TPSA) is 53.5 Å². The van der Waals surface area contributed by atoms with Crippen molar-refractivity contribution < 1.29 is 9.84 Å². The molecule has 0 aromatic heterocycles. The van der Waals surface area contributed by atoms with Crippen LogP contribution >= 0.6 is 15.9 Å². The smallest absolute Gasteiger partial charge is 0.124 e. The Morgan fingerprint density at radius 3 is 2.48 bits per heavy atom. The van der Waals surface area contributed by atoms with E-state index in [-0.39, 0.29) is 23.8 Å². The first kappa shape index (κ1) is 20.0. The Hall–Kier alpha value is -2.34. The third-order valence-electron chi connectivity index (χ3n) is 5.61. The molecule has 3 aromatic rings. The summed E-state index contributed by atoms with van der Waals surface area (Å²) in [5.41, 5.74) is 11.1. The average Bonchev–Trinajstić information content (AvgIpc) is 3.09. The van der Waals surface area contributed by atoms with Crippen LogP contribution in [0.5, 0.6) is 11.5 Å². The lowest BCUT2D eigenvalue weighted by atomic mass is 9.84. The highest BCUT2D eigenvalue weighted by atomic mass is 79.9. The van der Waals surface area contributed by atoms with Crippen molar-refractivity contribution in [2.24, 2.45) is 0 Å². The molecule has 0 spiro atoms. The molecule has 1 fully saturated rings. The predicted molar refractivity (Wildman–Crippen MR) is 119 cm³/mol. The van der Waals surface area contributed by atoms with E-state index in [1.165, 1.54) is 11.1 Å². The van der Waals surface area contributed by atoms with Gasteiger partial charge in [0, 0.05) is 28.1 Å². The van der Waals surface area contributed by atoms with Crippen molar-refractivity contribution in [1.82, 2.24) is 10.9 Å². The van der Waals surface area contributed by atoms with Crippen molar-refractivity contribution in [3.05, 3.63) is 93.5 Å². The zero-order valence-electron chi connectivity index (χ0n) is 16.5. The fourth-order valence-electron chi connectivity index (χ4n) is 3.94. The zero-order valence-corrected chi connectivity index (χ0v) is 18.1. The minimum atomic E-state index is -0.0309. The van der Waals surface area contributed by atoms with Gasteiger partial charge in [-0.3, -0.25) is 5.43 Å². The molecule has 0 radical (unpaired) electrons. The van der Waals surface area contributed by atoms with E-state index in [9.17, 15) is 5.11 Å². The second kappa shape index (κ2) is 8.57. The van der Waals surface area contributed by atoms with Crippen LogP contribution in [-0.4, -0.2) is 11.1 Å². The van der Waals surface area contributed by atoms with E-state index >= 15 is 0 Å². The van der Waals surface area contributed by atoms with Gasteiger partial charge in [-0.05, 0) is 48.7 Å². The van der Waals surface area contributed by atoms with Gasteiger partial charge in [-0.25, -0.2) is 5.43 Å². The second-order valence-corrected chi connectivity index (χ2v) is 8.48. The number of aromatic hydroxyl groups is 1. The number of phenolic OH excluding ortho intramolecular Hbond substituents is 1. The summed E-state index contributed by atoms with van der Waals surface area (Å²) < 4.78 is 6.97. The Labute approximate surface area is 180 Å². The van der Waals surface area contributed by atoms with Crippen molar-refractivity contribution in [2.75, 3.05) is 0 Å². The molecule has 0 bridgehead atoms. The monoisotopic (exact) mass is 452 g/mol. The second-order valence-electron chi connectivity index (χ2n) is 7.57. The van der Waals surface area contributed by atoms with Crippen molar-refractivity contribution in [1.29, 1.82) is 0 Å². The van der Waals surface area contributed by atoms with Crippen LogP contribution < -0.4 is 15.6 Å². The molecule has 3 unspecified atom stereocenters. The van der Waals surface area contributed by atoms with Crippen LogP contribution in [-0.2, 0) is 6.61 Å². The van der Waals surface area contributed by atoms with Gasteiger partial charge in [0.1, 0.15) is 18.1 Å². The van der Waals surface area contributed by atoms with Crippen LogP contribution in [0.1, 0.15) is 41.1 Å². The highest BCUT2D eigenvalue weighted by Crippen LogP contribution is 2.41. The molecule has 1 heterocycles. The van der Waals surface area contributed by atoms with Crippen LogP contribution in [0.25, 0.3) is 0 Å². The molecule has 1 aliphatic rings. The molecule has 1 saturated heterocycles. The van der Waals surface area contributed by atoms with Crippen LogP contribution in [0.2, 0.25) is 0 Å². The molecule has 150 valence electrons. The maximum Gasteiger partial charge on any atom is 0.124 e. The van der Waals surface area contributed by atoms with E-state index in [1.54, 1.807) is 6.07 Å². The number of hydrogen-bond acceptors (Lipinski definition) is 4. The first-order valence-corrected chi connectivity index (χ1v) is 10.6. The molecule has 0 amide bonds. The third-order valence-corrected chi connectivity index (χ3v) is 6.14. The first-order chi connectivity index (χ1) is 14.0. The van der Waals surface area contributed by atoms with Gasteiger partial charge in [0.25, 0.3) is 0 Å². The van der Waals surface area contributed by atoms with Gasteiger partial charge in [0.05, 0.1) is 6.04 Å². The number of nitrogens with one attached hydrogen (secondary N) is 2. The quantitative estimate of drug-likeness (QED) is 0.487. The lowest BCUT2D eigenvalue weighted by Gasteiger charge is -2.23. The Balaban J connectivity index is 1.54. The molecule has 5 heteroatoms. The molecule has 3 N–H and O–H groups in total. The molecule has 4 nitrogen and oxygen atoms in total. The molecule has 29 heavy (non-hydrogen) atoms. The summed E-state index contributed by atoms with van der Waals surface area (Å²) in [4.78, 5) is 0. The van der Waals surface area contributed by atoms with Gasteiger partial charge in [0.2, 0.25) is 0 Å². The summed E-state index contributed by atoms with van der Waals surface area (Å²) in [6.45, 7) is 4.70. The Morgan fingerprint density at radius 2 is 1.76 bits per heavy atom. The molecule has 0 aliphatic carbocycles. The van der Waals surface area contributed by atoms with E-state index in [0.717, 1.165) is 15.6 Å². The number of rotatable bonds is 5. The van der Waals surface area contributed by atoms with Crippen molar-refractivity contribution in [3.8, 4) is 11.5 Å². The van der Waals surface area contributed by atoms with Crippen LogP contribution in [0.3, 0.4) is 0 Å². The normalized spacial score (nSPS) is 21.3. The molecule has 3 atom stereocenters. The summed E-state index contributed by atoms with van der Waals surface area (Å²) >= 11 is 3.50. The standard InChI is InChI=1S/C24H25BrN2O2/c1-15-5-3-4-6-18(15)14-29-20-11-12-21(22(28)13-20)24-23(16(2)26-27-24)17-7-9-19(25)10-8-17/h3-13,16,23-24,26-28H,14H2,1-2H3. The van der Waals surface area contributed by atoms with Crippen LogP contribution in [0, 0.1) is 6.92 Å². The lowest BCUT2D eigenvalue weighted by molar-refractivity contribution is 0.303. The van der Waals surface area contributed by atoms with Gasteiger partial charge in [-0.15, -0.1) is 0 Å². The molecule has 1 aliphatic heterocycles. The van der Waals surface area contributed by atoms with Crippen molar-refractivity contribution in [2.45, 2.75) is 38.5 Å². The van der Waals surface area contributed by atoms with E-state index in [1.807, 2.05) is 24.3 Å². The number of phenols is 1. The maximum atomic E-state index is 10.7. The summed E-state index contributed by atoms with van der Waals surface area (Å²) in [5.74, 6) is 1.10. The zero-order chi connectivity index (χ0) is 20.4. The van der Waals surface area contributed by atoms with Crippen LogP contribution in [0.4, 0.5) is 0 Å². The molecule has 3 aromatic carbocycles. The van der Waals surface area contributed by atoms with E-state index in [0.29, 0.717) is 12.4 Å². The Bertz CT molecular complexity index is 990. The third kappa shape index (κ3) is 4.32. The fourth-order valence-corrected chi connectivity index (χ4v) is 4.20. The Morgan fingerprint density at radius 1 is 1.00 bits per heavy atom. The predicted octanol–water partition coefficient (Wildman–Crippen LogP) is 5.36. The molecule has 4 rings (SSSR count). The molecule has 0 saturated carbocycles.